The quantitative estimate of drug-likeness (QED) is 0.350. The zero-order valence-corrected chi connectivity index (χ0v) is 26.2. The number of piperidine rings is 1. The van der Waals surface area contributed by atoms with Gasteiger partial charge in [0.05, 0.1) is 19.3 Å². The molecule has 12 nitrogen and oxygen atoms in total. The molecule has 2 fully saturated rings. The molecule has 12 heteroatoms. The Morgan fingerprint density at radius 2 is 1.82 bits per heavy atom. The maximum atomic E-state index is 14.5. The molecule has 0 spiro atoms. The third-order valence-corrected chi connectivity index (χ3v) is 7.85. The zero-order valence-electron chi connectivity index (χ0n) is 26.2. The van der Waals surface area contributed by atoms with E-state index in [4.69, 9.17) is 14.2 Å². The normalized spacial score (nSPS) is 22.4. The lowest BCUT2D eigenvalue weighted by atomic mass is 9.73. The number of alkyl carbamates (subject to hydrolysis) is 1. The fourth-order valence-corrected chi connectivity index (χ4v) is 5.61. The van der Waals surface area contributed by atoms with E-state index >= 15 is 0 Å². The maximum Gasteiger partial charge on any atom is 0.410 e. The van der Waals surface area contributed by atoms with Crippen LogP contribution in [0.4, 0.5) is 9.59 Å². The van der Waals surface area contributed by atoms with Crippen molar-refractivity contribution in [3.05, 3.63) is 66.0 Å². The number of benzene rings is 1. The Bertz CT molecular complexity index is 1330. The van der Waals surface area contributed by atoms with Gasteiger partial charge in [0.2, 0.25) is 5.91 Å². The van der Waals surface area contributed by atoms with Crippen molar-refractivity contribution >= 4 is 23.9 Å². The molecule has 3 N–H and O–H groups in total. The first-order valence-corrected chi connectivity index (χ1v) is 14.8. The van der Waals surface area contributed by atoms with E-state index in [1.165, 1.54) is 18.7 Å². The molecular weight excluding hydrogens is 566 g/mol. The first-order chi connectivity index (χ1) is 20.7. The molecule has 44 heavy (non-hydrogen) atoms. The number of rotatable bonds is 11. The van der Waals surface area contributed by atoms with Crippen molar-refractivity contribution in [2.45, 2.75) is 88.9 Å². The summed E-state index contributed by atoms with van der Waals surface area (Å²) >= 11 is 0. The minimum atomic E-state index is -1.43. The van der Waals surface area contributed by atoms with E-state index in [0.29, 0.717) is 18.7 Å². The van der Waals surface area contributed by atoms with Crippen LogP contribution in [0.25, 0.3) is 0 Å². The molecule has 3 amide bonds. The minimum Gasteiger partial charge on any atom is -0.444 e. The van der Waals surface area contributed by atoms with Crippen LogP contribution in [0.1, 0.15) is 52.3 Å². The molecule has 3 unspecified atom stereocenters. The fourth-order valence-electron chi connectivity index (χ4n) is 5.61. The van der Waals surface area contributed by atoms with Crippen LogP contribution in [0.5, 0.6) is 0 Å². The van der Waals surface area contributed by atoms with Crippen molar-refractivity contribution in [1.82, 2.24) is 25.8 Å². The number of nitrogens with one attached hydrogen (secondary N) is 3. The predicted octanol–water partition coefficient (Wildman–Crippen LogP) is 2.75. The molecule has 0 radical (unpaired) electrons. The van der Waals surface area contributed by atoms with Crippen LogP contribution in [0.2, 0.25) is 0 Å². The van der Waals surface area contributed by atoms with Crippen LogP contribution in [0, 0.1) is 0 Å². The number of fused-ring (bicyclic) bond motifs is 1. The zero-order chi connectivity index (χ0) is 32.1. The Hall–Kier alpha value is -4.03. The Labute approximate surface area is 258 Å². The lowest BCUT2D eigenvalue weighted by Crippen LogP contribution is -2.72. The minimum absolute atomic E-state index is 0.150. The van der Waals surface area contributed by atoms with Gasteiger partial charge in [0, 0.05) is 25.4 Å². The number of ether oxygens (including phenoxy) is 3. The molecule has 4 atom stereocenters. The molecule has 2 aliphatic heterocycles. The molecule has 2 aromatic rings. The molecule has 2 saturated heterocycles. The van der Waals surface area contributed by atoms with E-state index in [9.17, 15) is 19.2 Å². The molecule has 0 bridgehead atoms. The van der Waals surface area contributed by atoms with E-state index in [0.717, 1.165) is 5.56 Å². The van der Waals surface area contributed by atoms with Gasteiger partial charge in [-0.25, -0.2) is 9.59 Å². The van der Waals surface area contributed by atoms with Crippen molar-refractivity contribution in [2.75, 3.05) is 20.2 Å². The third kappa shape index (κ3) is 7.54. The lowest BCUT2D eigenvalue weighted by Gasteiger charge is -2.47. The molecule has 238 valence electrons. The predicted molar refractivity (Wildman–Crippen MR) is 162 cm³/mol. The second kappa shape index (κ2) is 13.3. The van der Waals surface area contributed by atoms with Crippen molar-refractivity contribution in [3.63, 3.8) is 0 Å². The van der Waals surface area contributed by atoms with Gasteiger partial charge in [-0.05, 0) is 65.3 Å². The van der Waals surface area contributed by atoms with Crippen LogP contribution in [-0.2, 0) is 36.8 Å². The molecule has 4 rings (SSSR count). The summed E-state index contributed by atoms with van der Waals surface area (Å²) in [4.78, 5) is 59.5. The average Bonchev–Trinajstić information content (AvgIpc) is 3.20. The number of aromatic nitrogens is 1. The Balaban J connectivity index is 1.62. The van der Waals surface area contributed by atoms with Crippen LogP contribution in [0.15, 0.2) is 54.7 Å². The number of carbonyl (C=O) groups excluding carboxylic acids is 4. The summed E-state index contributed by atoms with van der Waals surface area (Å²) in [5, 5.41) is 8.71. The summed E-state index contributed by atoms with van der Waals surface area (Å²) < 4.78 is 17.1. The second-order valence-electron chi connectivity index (χ2n) is 12.8. The number of likely N-dealkylation sites (N-methyl/N-ethyl adjacent to an activating group) is 1. The van der Waals surface area contributed by atoms with E-state index in [-0.39, 0.29) is 25.4 Å². The Morgan fingerprint density at radius 1 is 1.11 bits per heavy atom. The molecule has 1 aromatic carbocycles. The number of pyridine rings is 1. The molecule has 1 aromatic heterocycles. The largest absolute Gasteiger partial charge is 0.444 e. The van der Waals surface area contributed by atoms with E-state index in [2.05, 4.69) is 20.9 Å². The molecule has 2 aliphatic rings. The van der Waals surface area contributed by atoms with Gasteiger partial charge in [0.1, 0.15) is 28.8 Å². The van der Waals surface area contributed by atoms with Gasteiger partial charge in [-0.1, -0.05) is 36.4 Å². The van der Waals surface area contributed by atoms with Crippen molar-refractivity contribution in [2.24, 2.45) is 0 Å². The molecule has 3 heterocycles. The van der Waals surface area contributed by atoms with Gasteiger partial charge < -0.3 is 30.2 Å². The summed E-state index contributed by atoms with van der Waals surface area (Å²) in [6, 6.07) is 12.9. The number of hydrogen-bond acceptors (Lipinski definition) is 9. The van der Waals surface area contributed by atoms with Gasteiger partial charge in [-0.2, -0.15) is 0 Å². The van der Waals surface area contributed by atoms with Gasteiger partial charge in [0.15, 0.2) is 5.78 Å². The number of carbonyl (C=O) groups is 4. The highest BCUT2D eigenvalue weighted by molar-refractivity contribution is 5.97. The first-order valence-electron chi connectivity index (χ1n) is 14.8. The summed E-state index contributed by atoms with van der Waals surface area (Å²) in [6.45, 7) is 8.68. The van der Waals surface area contributed by atoms with Gasteiger partial charge in [-0.15, -0.1) is 0 Å². The van der Waals surface area contributed by atoms with Crippen molar-refractivity contribution < 1.29 is 33.4 Å². The summed E-state index contributed by atoms with van der Waals surface area (Å²) in [6.07, 6.45) is 0.532. The summed E-state index contributed by atoms with van der Waals surface area (Å²) in [5.74, 6) is -0.992. The number of ketones is 1. The topological polar surface area (TPSA) is 148 Å². The number of nitrogens with zero attached hydrogens (tertiary/aromatic N) is 2. The smallest absolute Gasteiger partial charge is 0.410 e. The average molecular weight is 610 g/mol. The van der Waals surface area contributed by atoms with Gasteiger partial charge in [-0.3, -0.25) is 19.5 Å². The van der Waals surface area contributed by atoms with Crippen molar-refractivity contribution in [1.29, 1.82) is 0 Å². The van der Waals surface area contributed by atoms with E-state index < -0.39 is 53.0 Å². The lowest BCUT2D eigenvalue weighted by molar-refractivity contribution is -0.136. The van der Waals surface area contributed by atoms with Crippen LogP contribution in [-0.4, -0.2) is 88.8 Å². The first kappa shape index (κ1) is 32.9. The number of amides is 3. The van der Waals surface area contributed by atoms with Crippen molar-refractivity contribution in [3.8, 4) is 0 Å². The Morgan fingerprint density at radius 3 is 2.48 bits per heavy atom. The highest BCUT2D eigenvalue weighted by Gasteiger charge is 2.62. The second-order valence-corrected chi connectivity index (χ2v) is 12.8. The maximum absolute atomic E-state index is 14.5. The number of hydrogen-bond donors (Lipinski definition) is 3. The van der Waals surface area contributed by atoms with Crippen LogP contribution >= 0.6 is 0 Å². The summed E-state index contributed by atoms with van der Waals surface area (Å²) in [7, 11) is 1.62. The summed E-state index contributed by atoms with van der Waals surface area (Å²) in [5.41, 5.74) is -1.72. The molecular formula is C32H43N5O7. The highest BCUT2D eigenvalue weighted by Crippen LogP contribution is 2.40. The van der Waals surface area contributed by atoms with E-state index in [1.54, 1.807) is 40.1 Å². The fraction of sp³-hybridized carbons (Fsp3) is 0.531. The van der Waals surface area contributed by atoms with Crippen LogP contribution < -0.4 is 16.0 Å². The SMILES string of the molecule is CN1C(=O)OC2CCNC(C(=O)[C@@H](COCc3ccccc3)NC(=O)C(C)(C)NC(=O)OC(C)(C)C)C21Cc1ccccn1. The van der Waals surface area contributed by atoms with Gasteiger partial charge in [0.25, 0.3) is 0 Å². The van der Waals surface area contributed by atoms with Gasteiger partial charge >= 0.3 is 12.2 Å². The van der Waals surface area contributed by atoms with E-state index in [1.807, 2.05) is 42.5 Å². The monoisotopic (exact) mass is 609 g/mol. The Kier molecular flexibility index (Phi) is 9.94. The molecule has 0 saturated carbocycles. The van der Waals surface area contributed by atoms with Crippen LogP contribution in [0.3, 0.4) is 0 Å². The number of Topliss-reactive ketones (excluding diaryl/α,β-unsaturated/α-hetero) is 1. The molecule has 0 aliphatic carbocycles. The highest BCUT2D eigenvalue weighted by atomic mass is 16.6. The standard InChI is InChI=1S/C32H43N5O7/c1-30(2,3)44-28(40)36-31(4,5)27(39)35-23(20-42-19-21-12-8-7-9-13-21)25(38)26-32(18-22-14-10-11-16-33-22)24(15-17-34-26)43-29(41)37(32)6/h7-14,16,23-24,26,34H,15,17-20H2,1-6H3,(H,35,39)(H,36,40)/t23-,24?,26?,32?/m1/s1. The third-order valence-electron chi connectivity index (χ3n) is 7.85.